The van der Waals surface area contributed by atoms with Crippen LogP contribution in [0.2, 0.25) is 10.0 Å². The summed E-state index contributed by atoms with van der Waals surface area (Å²) in [5, 5.41) is 16.3. The zero-order valence-electron chi connectivity index (χ0n) is 10.3. The van der Waals surface area contributed by atoms with Gasteiger partial charge in [-0.15, -0.1) is 0 Å². The predicted molar refractivity (Wildman–Crippen MR) is 75.6 cm³/mol. The molecule has 0 saturated carbocycles. The number of carbonyl (C=O) groups excluding carboxylic acids is 1. The molecule has 1 heterocycles. The van der Waals surface area contributed by atoms with Gasteiger partial charge >= 0.3 is 0 Å². The number of carbonyl (C=O) groups is 1. The van der Waals surface area contributed by atoms with Crippen LogP contribution in [0.1, 0.15) is 12.0 Å². The second kappa shape index (κ2) is 6.57. The Balaban J connectivity index is 1.78. The molecular formula is C13H16Cl2N2O2. The van der Waals surface area contributed by atoms with Crippen LogP contribution in [0.4, 0.5) is 0 Å². The zero-order chi connectivity index (χ0) is 13.8. The minimum Gasteiger partial charge on any atom is -0.392 e. The molecule has 1 fully saturated rings. The van der Waals surface area contributed by atoms with Crippen LogP contribution in [0.3, 0.4) is 0 Å². The molecule has 19 heavy (non-hydrogen) atoms. The maximum Gasteiger partial charge on any atom is 0.237 e. The number of rotatable bonds is 4. The highest BCUT2D eigenvalue weighted by Crippen LogP contribution is 2.21. The second-order valence-corrected chi connectivity index (χ2v) is 5.47. The van der Waals surface area contributed by atoms with Gasteiger partial charge in [0, 0.05) is 23.1 Å². The van der Waals surface area contributed by atoms with Crippen molar-refractivity contribution in [3.05, 3.63) is 33.8 Å². The lowest BCUT2D eigenvalue weighted by atomic mass is 10.1. The summed E-state index contributed by atoms with van der Waals surface area (Å²) in [5.41, 5.74) is 0.950. The van der Waals surface area contributed by atoms with Crippen molar-refractivity contribution in [2.45, 2.75) is 25.0 Å². The Morgan fingerprint density at radius 3 is 2.89 bits per heavy atom. The van der Waals surface area contributed by atoms with E-state index in [9.17, 15) is 9.90 Å². The Labute approximate surface area is 122 Å². The Hall–Kier alpha value is -0.810. The van der Waals surface area contributed by atoms with Gasteiger partial charge in [-0.3, -0.25) is 4.79 Å². The highest BCUT2D eigenvalue weighted by Gasteiger charge is 2.27. The molecular weight excluding hydrogens is 287 g/mol. The van der Waals surface area contributed by atoms with E-state index in [1.54, 1.807) is 12.1 Å². The van der Waals surface area contributed by atoms with Gasteiger partial charge in [0.05, 0.1) is 12.1 Å². The molecule has 0 bridgehead atoms. The molecule has 0 unspecified atom stereocenters. The van der Waals surface area contributed by atoms with Crippen LogP contribution in [0.5, 0.6) is 0 Å². The Morgan fingerprint density at radius 2 is 2.26 bits per heavy atom. The summed E-state index contributed by atoms with van der Waals surface area (Å²) in [6, 6.07) is 5.03. The molecule has 104 valence electrons. The monoisotopic (exact) mass is 302 g/mol. The van der Waals surface area contributed by atoms with E-state index in [1.807, 2.05) is 6.07 Å². The number of aliphatic hydroxyl groups is 1. The van der Waals surface area contributed by atoms with Gasteiger partial charge in [-0.2, -0.15) is 0 Å². The van der Waals surface area contributed by atoms with Crippen molar-refractivity contribution in [1.82, 2.24) is 10.6 Å². The number of aliphatic hydroxyl groups excluding tert-OH is 1. The van der Waals surface area contributed by atoms with E-state index in [-0.39, 0.29) is 11.9 Å². The molecule has 1 saturated heterocycles. The molecule has 1 aliphatic rings. The van der Waals surface area contributed by atoms with Gasteiger partial charge < -0.3 is 15.7 Å². The summed E-state index contributed by atoms with van der Waals surface area (Å²) < 4.78 is 0. The molecule has 0 aromatic heterocycles. The standard InChI is InChI=1S/C13H16Cl2N2O2/c14-9-2-1-8(11(15)5-9)3-4-16-13(19)12-6-10(18)7-17-12/h1-2,5,10,12,17-18H,3-4,6-7H2,(H,16,19)/t10-,12-/m0/s1. The first-order valence-electron chi connectivity index (χ1n) is 6.19. The number of benzene rings is 1. The number of β-amino-alcohol motifs (C(OH)–C–C–N with tert-alkyl or cyclic N) is 1. The smallest absolute Gasteiger partial charge is 0.237 e. The third-order valence-electron chi connectivity index (χ3n) is 3.13. The van der Waals surface area contributed by atoms with Gasteiger partial charge in [0.25, 0.3) is 0 Å². The largest absolute Gasteiger partial charge is 0.392 e. The number of nitrogens with one attached hydrogen (secondary N) is 2. The van der Waals surface area contributed by atoms with Crippen molar-refractivity contribution < 1.29 is 9.90 Å². The van der Waals surface area contributed by atoms with Crippen molar-refractivity contribution in [3.63, 3.8) is 0 Å². The molecule has 3 N–H and O–H groups in total. The fraction of sp³-hybridized carbons (Fsp3) is 0.462. The maximum atomic E-state index is 11.8. The molecule has 0 spiro atoms. The van der Waals surface area contributed by atoms with Crippen LogP contribution < -0.4 is 10.6 Å². The number of hydrogen-bond acceptors (Lipinski definition) is 3. The van der Waals surface area contributed by atoms with Crippen LogP contribution in [0.25, 0.3) is 0 Å². The quantitative estimate of drug-likeness (QED) is 0.787. The first-order valence-corrected chi connectivity index (χ1v) is 6.95. The molecule has 0 radical (unpaired) electrons. The van der Waals surface area contributed by atoms with E-state index in [1.165, 1.54) is 0 Å². The van der Waals surface area contributed by atoms with E-state index in [0.29, 0.717) is 36.0 Å². The van der Waals surface area contributed by atoms with Crippen LogP contribution in [-0.2, 0) is 11.2 Å². The Bertz CT molecular complexity index is 468. The molecule has 6 heteroatoms. The summed E-state index contributed by atoms with van der Waals surface area (Å²) in [4.78, 5) is 11.8. The highest BCUT2D eigenvalue weighted by molar-refractivity contribution is 6.35. The summed E-state index contributed by atoms with van der Waals surface area (Å²) in [6.45, 7) is 0.982. The van der Waals surface area contributed by atoms with Crippen LogP contribution in [-0.4, -0.2) is 36.2 Å². The molecule has 2 atom stereocenters. The number of hydrogen-bond donors (Lipinski definition) is 3. The van der Waals surface area contributed by atoms with Crippen molar-refractivity contribution in [2.24, 2.45) is 0 Å². The highest BCUT2D eigenvalue weighted by atomic mass is 35.5. The predicted octanol–water partition coefficient (Wildman–Crippen LogP) is 1.37. The van der Waals surface area contributed by atoms with E-state index in [0.717, 1.165) is 5.56 Å². The van der Waals surface area contributed by atoms with Crippen molar-refractivity contribution >= 4 is 29.1 Å². The summed E-state index contributed by atoms with van der Waals surface area (Å²) in [6.07, 6.45) is 0.686. The average molecular weight is 303 g/mol. The SMILES string of the molecule is O=C(NCCc1ccc(Cl)cc1Cl)[C@@H]1C[C@H](O)CN1. The molecule has 1 aromatic carbocycles. The molecule has 0 aliphatic carbocycles. The van der Waals surface area contributed by atoms with Crippen LogP contribution in [0.15, 0.2) is 18.2 Å². The van der Waals surface area contributed by atoms with Gasteiger partial charge in [-0.25, -0.2) is 0 Å². The Kier molecular flexibility index (Phi) is 5.05. The first kappa shape index (κ1) is 14.6. The van der Waals surface area contributed by atoms with Crippen LogP contribution in [0, 0.1) is 0 Å². The molecule has 2 rings (SSSR count). The summed E-state index contributed by atoms with van der Waals surface area (Å²) >= 11 is 11.9. The van der Waals surface area contributed by atoms with Crippen molar-refractivity contribution in [1.29, 1.82) is 0 Å². The van der Waals surface area contributed by atoms with Crippen molar-refractivity contribution in [2.75, 3.05) is 13.1 Å². The molecule has 1 amide bonds. The fourth-order valence-electron chi connectivity index (χ4n) is 2.08. The van der Waals surface area contributed by atoms with E-state index in [2.05, 4.69) is 10.6 Å². The van der Waals surface area contributed by atoms with E-state index >= 15 is 0 Å². The van der Waals surface area contributed by atoms with Gasteiger partial charge in [-0.1, -0.05) is 29.3 Å². The third-order valence-corrected chi connectivity index (χ3v) is 3.72. The lowest BCUT2D eigenvalue weighted by Gasteiger charge is -2.11. The minimum atomic E-state index is -0.429. The van der Waals surface area contributed by atoms with Gasteiger partial charge in [0.1, 0.15) is 0 Å². The average Bonchev–Trinajstić information content (AvgIpc) is 2.78. The van der Waals surface area contributed by atoms with E-state index < -0.39 is 6.10 Å². The first-order chi connectivity index (χ1) is 9.06. The molecule has 4 nitrogen and oxygen atoms in total. The number of halogens is 2. The lowest BCUT2D eigenvalue weighted by Crippen LogP contribution is -2.41. The molecule has 1 aromatic rings. The van der Waals surface area contributed by atoms with Gasteiger partial charge in [-0.05, 0) is 30.5 Å². The summed E-state index contributed by atoms with van der Waals surface area (Å²) in [7, 11) is 0. The van der Waals surface area contributed by atoms with E-state index in [4.69, 9.17) is 23.2 Å². The minimum absolute atomic E-state index is 0.0818. The van der Waals surface area contributed by atoms with Gasteiger partial charge in [0.2, 0.25) is 5.91 Å². The zero-order valence-corrected chi connectivity index (χ0v) is 11.8. The maximum absolute atomic E-state index is 11.8. The van der Waals surface area contributed by atoms with Crippen molar-refractivity contribution in [3.8, 4) is 0 Å². The normalized spacial score (nSPS) is 22.5. The fourth-order valence-corrected chi connectivity index (χ4v) is 2.59. The number of amides is 1. The lowest BCUT2D eigenvalue weighted by molar-refractivity contribution is -0.122. The van der Waals surface area contributed by atoms with Gasteiger partial charge in [0.15, 0.2) is 0 Å². The second-order valence-electron chi connectivity index (χ2n) is 4.63. The molecule has 1 aliphatic heterocycles. The summed E-state index contributed by atoms with van der Waals surface area (Å²) in [5.74, 6) is -0.0818. The Morgan fingerprint density at radius 1 is 1.47 bits per heavy atom. The van der Waals surface area contributed by atoms with Crippen LogP contribution >= 0.6 is 23.2 Å². The topological polar surface area (TPSA) is 61.4 Å². The third kappa shape index (κ3) is 4.08.